The predicted molar refractivity (Wildman–Crippen MR) is 92.9 cm³/mol. The van der Waals surface area contributed by atoms with E-state index in [1.165, 1.54) is 12.2 Å². The molecule has 2 aromatic rings. The minimum absolute atomic E-state index is 0.335. The molecule has 0 radical (unpaired) electrons. The maximum absolute atomic E-state index is 11.9. The van der Waals surface area contributed by atoms with Gasteiger partial charge in [0.15, 0.2) is 0 Å². The van der Waals surface area contributed by atoms with Crippen molar-refractivity contribution in [2.45, 2.75) is 19.3 Å². The van der Waals surface area contributed by atoms with Crippen LogP contribution in [0, 0.1) is 11.5 Å². The lowest BCUT2D eigenvalue weighted by Crippen LogP contribution is -2.30. The van der Waals surface area contributed by atoms with Crippen LogP contribution in [-0.4, -0.2) is 11.8 Å². The SMILES string of the molecule is CC(C)(c1ccc(OC#N)cc1)c1cccc(N2C(=O)C=CC2=O)c1. The molecular formula is C20H16N2O3. The third kappa shape index (κ3) is 3.02. The molecule has 0 fully saturated rings. The van der Waals surface area contributed by atoms with Gasteiger partial charge >= 0.3 is 0 Å². The molecule has 2 aromatic carbocycles. The Balaban J connectivity index is 1.95. The number of amides is 2. The average Bonchev–Trinajstić information content (AvgIpc) is 2.94. The predicted octanol–water partition coefficient (Wildman–Crippen LogP) is 3.30. The van der Waals surface area contributed by atoms with Crippen LogP contribution < -0.4 is 9.64 Å². The van der Waals surface area contributed by atoms with E-state index in [0.717, 1.165) is 16.0 Å². The first kappa shape index (κ1) is 16.5. The van der Waals surface area contributed by atoms with Crippen LogP contribution in [-0.2, 0) is 15.0 Å². The molecule has 1 heterocycles. The standard InChI is InChI=1S/C20H16N2O3/c1-20(2,14-6-8-17(9-7-14)25-13-21)15-4-3-5-16(12-15)22-18(23)10-11-19(22)24/h3-12H,1-2H3. The third-order valence-electron chi connectivity index (χ3n) is 4.37. The maximum Gasteiger partial charge on any atom is 0.292 e. The van der Waals surface area contributed by atoms with Crippen molar-refractivity contribution in [3.8, 4) is 12.0 Å². The Kier molecular flexibility index (Phi) is 4.12. The Morgan fingerprint density at radius 2 is 1.60 bits per heavy atom. The summed E-state index contributed by atoms with van der Waals surface area (Å²) in [6, 6.07) is 14.7. The molecule has 0 spiro atoms. The van der Waals surface area contributed by atoms with Crippen molar-refractivity contribution in [1.29, 1.82) is 5.26 Å². The van der Waals surface area contributed by atoms with Gasteiger partial charge in [0.1, 0.15) is 5.75 Å². The molecular weight excluding hydrogens is 316 g/mol. The second kappa shape index (κ2) is 6.25. The Bertz CT molecular complexity index is 887. The van der Waals surface area contributed by atoms with Crippen LogP contribution >= 0.6 is 0 Å². The number of anilines is 1. The van der Waals surface area contributed by atoms with Gasteiger partial charge in [-0.1, -0.05) is 38.1 Å². The Morgan fingerprint density at radius 1 is 0.960 bits per heavy atom. The van der Waals surface area contributed by atoms with Gasteiger partial charge in [0.2, 0.25) is 0 Å². The highest BCUT2D eigenvalue weighted by atomic mass is 16.5. The molecule has 0 atom stereocenters. The first-order chi connectivity index (χ1) is 11.9. The molecule has 0 bridgehead atoms. The quantitative estimate of drug-likeness (QED) is 0.636. The summed E-state index contributed by atoms with van der Waals surface area (Å²) in [6.07, 6.45) is 4.19. The molecule has 124 valence electrons. The molecule has 1 aliphatic heterocycles. The zero-order valence-electron chi connectivity index (χ0n) is 13.9. The highest BCUT2D eigenvalue weighted by Crippen LogP contribution is 2.34. The Hall–Kier alpha value is -3.39. The lowest BCUT2D eigenvalue weighted by molar-refractivity contribution is -0.119. The van der Waals surface area contributed by atoms with Gasteiger partial charge in [0, 0.05) is 17.6 Å². The van der Waals surface area contributed by atoms with Crippen molar-refractivity contribution >= 4 is 17.5 Å². The summed E-state index contributed by atoms with van der Waals surface area (Å²) in [4.78, 5) is 24.9. The fourth-order valence-corrected chi connectivity index (χ4v) is 2.85. The van der Waals surface area contributed by atoms with E-state index in [1.807, 2.05) is 30.3 Å². The molecule has 0 N–H and O–H groups in total. The summed E-state index contributed by atoms with van der Waals surface area (Å²) >= 11 is 0. The fourth-order valence-electron chi connectivity index (χ4n) is 2.85. The van der Waals surface area contributed by atoms with Gasteiger partial charge in [-0.05, 0) is 35.4 Å². The van der Waals surface area contributed by atoms with Crippen LogP contribution in [0.15, 0.2) is 60.7 Å². The first-order valence-electron chi connectivity index (χ1n) is 7.76. The minimum Gasteiger partial charge on any atom is -0.388 e. The number of rotatable bonds is 4. The second-order valence-corrected chi connectivity index (χ2v) is 6.24. The highest BCUT2D eigenvalue weighted by Gasteiger charge is 2.28. The zero-order valence-corrected chi connectivity index (χ0v) is 13.9. The lowest BCUT2D eigenvalue weighted by Gasteiger charge is -2.27. The van der Waals surface area contributed by atoms with Gasteiger partial charge in [-0.15, -0.1) is 5.26 Å². The first-order valence-corrected chi connectivity index (χ1v) is 7.76. The van der Waals surface area contributed by atoms with Gasteiger partial charge in [-0.2, -0.15) is 0 Å². The van der Waals surface area contributed by atoms with Crippen LogP contribution in [0.1, 0.15) is 25.0 Å². The van der Waals surface area contributed by atoms with Gasteiger partial charge in [-0.3, -0.25) is 9.59 Å². The van der Waals surface area contributed by atoms with E-state index in [1.54, 1.807) is 24.5 Å². The molecule has 0 saturated heterocycles. The average molecular weight is 332 g/mol. The van der Waals surface area contributed by atoms with Crippen LogP contribution in [0.5, 0.6) is 5.75 Å². The molecule has 0 aromatic heterocycles. The smallest absolute Gasteiger partial charge is 0.292 e. The summed E-state index contributed by atoms with van der Waals surface area (Å²) < 4.78 is 4.81. The van der Waals surface area contributed by atoms with Crippen molar-refractivity contribution < 1.29 is 14.3 Å². The monoisotopic (exact) mass is 332 g/mol. The topological polar surface area (TPSA) is 70.4 Å². The molecule has 3 rings (SSSR count). The van der Waals surface area contributed by atoms with E-state index < -0.39 is 0 Å². The fraction of sp³-hybridized carbons (Fsp3) is 0.150. The molecule has 5 nitrogen and oxygen atoms in total. The van der Waals surface area contributed by atoms with E-state index in [9.17, 15) is 9.59 Å². The summed E-state index contributed by atoms with van der Waals surface area (Å²) in [5.74, 6) is -0.189. The van der Waals surface area contributed by atoms with Crippen molar-refractivity contribution in [2.24, 2.45) is 0 Å². The van der Waals surface area contributed by atoms with E-state index in [-0.39, 0.29) is 17.2 Å². The second-order valence-electron chi connectivity index (χ2n) is 6.24. The zero-order chi connectivity index (χ0) is 18.0. The maximum atomic E-state index is 11.9. The summed E-state index contributed by atoms with van der Waals surface area (Å²) in [5.41, 5.74) is 2.18. The van der Waals surface area contributed by atoms with E-state index in [4.69, 9.17) is 10.00 Å². The van der Waals surface area contributed by atoms with Crippen molar-refractivity contribution in [3.05, 3.63) is 71.8 Å². The van der Waals surface area contributed by atoms with Crippen molar-refractivity contribution in [1.82, 2.24) is 0 Å². The Labute approximate surface area is 145 Å². The van der Waals surface area contributed by atoms with E-state index in [2.05, 4.69) is 13.8 Å². The largest absolute Gasteiger partial charge is 0.388 e. The number of nitriles is 1. The molecule has 2 amide bonds. The highest BCUT2D eigenvalue weighted by molar-refractivity contribution is 6.28. The molecule has 25 heavy (non-hydrogen) atoms. The molecule has 1 aliphatic rings. The van der Waals surface area contributed by atoms with Gasteiger partial charge < -0.3 is 4.74 Å². The molecule has 5 heteroatoms. The van der Waals surface area contributed by atoms with Crippen molar-refractivity contribution in [3.63, 3.8) is 0 Å². The van der Waals surface area contributed by atoms with Gasteiger partial charge in [0.25, 0.3) is 18.1 Å². The number of hydrogen-bond acceptors (Lipinski definition) is 4. The number of benzene rings is 2. The number of hydrogen-bond donors (Lipinski definition) is 0. The normalized spacial score (nSPS) is 13.9. The van der Waals surface area contributed by atoms with E-state index >= 15 is 0 Å². The number of nitrogens with zero attached hydrogens (tertiary/aromatic N) is 2. The summed E-state index contributed by atoms with van der Waals surface area (Å²) in [7, 11) is 0. The minimum atomic E-state index is -0.361. The van der Waals surface area contributed by atoms with Crippen LogP contribution in [0.25, 0.3) is 0 Å². The summed E-state index contributed by atoms with van der Waals surface area (Å²) in [6.45, 7) is 4.11. The number of ether oxygens (including phenoxy) is 1. The Morgan fingerprint density at radius 3 is 2.20 bits per heavy atom. The van der Waals surface area contributed by atoms with Crippen LogP contribution in [0.3, 0.4) is 0 Å². The lowest BCUT2D eigenvalue weighted by atomic mass is 9.78. The van der Waals surface area contributed by atoms with Crippen LogP contribution in [0.4, 0.5) is 5.69 Å². The van der Waals surface area contributed by atoms with E-state index in [0.29, 0.717) is 11.4 Å². The number of imide groups is 1. The van der Waals surface area contributed by atoms with Crippen LogP contribution in [0.2, 0.25) is 0 Å². The molecule has 0 unspecified atom stereocenters. The molecule has 0 saturated carbocycles. The van der Waals surface area contributed by atoms with Crippen molar-refractivity contribution in [2.75, 3.05) is 4.90 Å². The number of carbonyl (C=O) groups excluding carboxylic acids is 2. The van der Waals surface area contributed by atoms with Gasteiger partial charge in [0.05, 0.1) is 5.69 Å². The third-order valence-corrected chi connectivity index (χ3v) is 4.37. The van der Waals surface area contributed by atoms with Gasteiger partial charge in [-0.25, -0.2) is 4.90 Å². The molecule has 0 aliphatic carbocycles. The number of carbonyl (C=O) groups is 2. The summed E-state index contributed by atoms with van der Waals surface area (Å²) in [5, 5.41) is 8.57.